The van der Waals surface area contributed by atoms with E-state index < -0.39 is 0 Å². The molecule has 1 atom stereocenters. The molecular weight excluding hydrogens is 380 g/mol. The summed E-state index contributed by atoms with van der Waals surface area (Å²) >= 11 is 0. The number of carbonyl (C=O) groups is 1. The molecule has 1 unspecified atom stereocenters. The van der Waals surface area contributed by atoms with Gasteiger partial charge in [-0.25, -0.2) is 4.98 Å². The minimum absolute atomic E-state index is 0. The summed E-state index contributed by atoms with van der Waals surface area (Å²) in [5, 5.41) is 3.26. The average molecular weight is 407 g/mol. The Kier molecular flexibility index (Phi) is 5.87. The molecule has 4 fully saturated rings. The summed E-state index contributed by atoms with van der Waals surface area (Å²) in [5.74, 6) is 1.23. The molecule has 1 N–H and O–H groups in total. The van der Waals surface area contributed by atoms with Crippen molar-refractivity contribution in [3.63, 3.8) is 0 Å². The van der Waals surface area contributed by atoms with Gasteiger partial charge in [0.1, 0.15) is 5.52 Å². The summed E-state index contributed by atoms with van der Waals surface area (Å²) in [7, 11) is 0. The van der Waals surface area contributed by atoms with Crippen LogP contribution in [0.25, 0.3) is 11.1 Å². The van der Waals surface area contributed by atoms with E-state index in [1.165, 1.54) is 25.9 Å². The van der Waals surface area contributed by atoms with Gasteiger partial charge in [0.05, 0.1) is 25.3 Å². The molecule has 0 aliphatic carbocycles. The third-order valence-corrected chi connectivity index (χ3v) is 6.14. The van der Waals surface area contributed by atoms with Crippen LogP contribution >= 0.6 is 12.4 Å². The van der Waals surface area contributed by atoms with Crippen LogP contribution in [0.3, 0.4) is 0 Å². The standard InChI is InChI=1S/C20H26N4O3.ClH/c25-20(21-16-12-23-6-4-14(16)5-7-23)15-2-1-3-17-19(15)22-18(27-17)13-24-8-10-26-11-9-24;/h1-3,14,16H,4-13H2,(H,21,25);1H. The van der Waals surface area contributed by atoms with Gasteiger partial charge >= 0.3 is 0 Å². The molecule has 4 aliphatic heterocycles. The van der Waals surface area contributed by atoms with Crippen molar-refractivity contribution in [1.82, 2.24) is 20.1 Å². The molecule has 1 aromatic carbocycles. The van der Waals surface area contributed by atoms with E-state index in [0.717, 1.165) is 32.8 Å². The molecule has 5 heterocycles. The number of hydrogen-bond donors (Lipinski definition) is 1. The lowest BCUT2D eigenvalue weighted by molar-refractivity contribution is 0.0308. The average Bonchev–Trinajstić information content (AvgIpc) is 3.12. The van der Waals surface area contributed by atoms with E-state index in [1.54, 1.807) is 0 Å². The van der Waals surface area contributed by atoms with Gasteiger partial charge in [0.25, 0.3) is 5.91 Å². The van der Waals surface area contributed by atoms with Gasteiger partial charge in [-0.05, 0) is 44.0 Å². The van der Waals surface area contributed by atoms with Crippen molar-refractivity contribution in [2.75, 3.05) is 45.9 Å². The molecule has 152 valence electrons. The van der Waals surface area contributed by atoms with Crippen LogP contribution in [-0.2, 0) is 11.3 Å². The molecule has 0 spiro atoms. The molecule has 0 radical (unpaired) electrons. The van der Waals surface area contributed by atoms with E-state index in [2.05, 4.69) is 20.1 Å². The summed E-state index contributed by atoms with van der Waals surface area (Å²) in [6.07, 6.45) is 2.37. The van der Waals surface area contributed by atoms with E-state index in [4.69, 9.17) is 9.15 Å². The number of benzene rings is 1. The number of hydrogen-bond acceptors (Lipinski definition) is 6. The first kappa shape index (κ1) is 19.6. The van der Waals surface area contributed by atoms with Gasteiger partial charge in [0.15, 0.2) is 5.58 Å². The summed E-state index contributed by atoms with van der Waals surface area (Å²) in [6.45, 7) is 7.20. The zero-order valence-corrected chi connectivity index (χ0v) is 16.7. The molecule has 4 aliphatic rings. The van der Waals surface area contributed by atoms with Crippen molar-refractivity contribution >= 4 is 29.4 Å². The second-order valence-corrected chi connectivity index (χ2v) is 7.87. The van der Waals surface area contributed by atoms with Crippen molar-refractivity contribution in [2.24, 2.45) is 5.92 Å². The molecule has 1 aromatic heterocycles. The van der Waals surface area contributed by atoms with Gasteiger partial charge < -0.3 is 19.4 Å². The number of piperidine rings is 3. The lowest BCUT2D eigenvalue weighted by Gasteiger charge is -2.44. The fraction of sp³-hybridized carbons (Fsp3) is 0.600. The summed E-state index contributed by atoms with van der Waals surface area (Å²) < 4.78 is 11.3. The number of rotatable bonds is 4. The monoisotopic (exact) mass is 406 g/mol. The Balaban J connectivity index is 0.00000192. The Morgan fingerprint density at radius 3 is 2.68 bits per heavy atom. The van der Waals surface area contributed by atoms with Gasteiger partial charge in [-0.15, -0.1) is 12.4 Å². The number of halogens is 1. The Morgan fingerprint density at radius 1 is 1.18 bits per heavy atom. The normalized spacial score (nSPS) is 27.5. The minimum atomic E-state index is -0.0365. The molecule has 1 amide bonds. The maximum Gasteiger partial charge on any atom is 0.253 e. The molecule has 7 nitrogen and oxygen atoms in total. The van der Waals surface area contributed by atoms with Gasteiger partial charge in [-0.1, -0.05) is 6.07 Å². The maximum absolute atomic E-state index is 13.0. The second-order valence-electron chi connectivity index (χ2n) is 7.87. The Bertz CT molecular complexity index is 828. The predicted octanol–water partition coefficient (Wildman–Crippen LogP) is 1.91. The Morgan fingerprint density at radius 2 is 1.96 bits per heavy atom. The van der Waals surface area contributed by atoms with Crippen LogP contribution in [0.2, 0.25) is 0 Å². The lowest BCUT2D eigenvalue weighted by Crippen LogP contribution is -2.57. The minimum Gasteiger partial charge on any atom is -0.439 e. The number of morpholine rings is 1. The number of nitrogens with one attached hydrogen (secondary N) is 1. The van der Waals surface area contributed by atoms with Crippen LogP contribution in [0.4, 0.5) is 0 Å². The largest absolute Gasteiger partial charge is 0.439 e. The highest BCUT2D eigenvalue weighted by molar-refractivity contribution is 6.04. The second kappa shape index (κ2) is 8.37. The summed E-state index contributed by atoms with van der Waals surface area (Å²) in [6, 6.07) is 5.85. The highest BCUT2D eigenvalue weighted by Gasteiger charge is 2.35. The number of para-hydroxylation sites is 1. The fourth-order valence-corrected chi connectivity index (χ4v) is 4.57. The third kappa shape index (κ3) is 3.89. The van der Waals surface area contributed by atoms with Crippen LogP contribution in [0.15, 0.2) is 22.6 Å². The number of aromatic nitrogens is 1. The molecule has 8 heteroatoms. The molecule has 4 saturated heterocycles. The quantitative estimate of drug-likeness (QED) is 0.836. The molecular formula is C20H27ClN4O3. The number of oxazole rings is 1. The van der Waals surface area contributed by atoms with Crippen molar-refractivity contribution in [1.29, 1.82) is 0 Å². The van der Waals surface area contributed by atoms with Crippen LogP contribution in [-0.4, -0.2) is 72.7 Å². The van der Waals surface area contributed by atoms with E-state index in [9.17, 15) is 4.79 Å². The highest BCUT2D eigenvalue weighted by atomic mass is 35.5. The van der Waals surface area contributed by atoms with Crippen LogP contribution in [0.1, 0.15) is 29.1 Å². The predicted molar refractivity (Wildman–Crippen MR) is 108 cm³/mol. The topological polar surface area (TPSA) is 70.8 Å². The Hall–Kier alpha value is -1.67. The van der Waals surface area contributed by atoms with Crippen LogP contribution in [0.5, 0.6) is 0 Å². The first-order valence-corrected chi connectivity index (χ1v) is 9.98. The van der Waals surface area contributed by atoms with Crippen LogP contribution < -0.4 is 5.32 Å². The number of amides is 1. The highest BCUT2D eigenvalue weighted by Crippen LogP contribution is 2.28. The lowest BCUT2D eigenvalue weighted by atomic mass is 9.84. The van der Waals surface area contributed by atoms with Gasteiger partial charge in [-0.3, -0.25) is 9.69 Å². The summed E-state index contributed by atoms with van der Waals surface area (Å²) in [4.78, 5) is 22.3. The zero-order chi connectivity index (χ0) is 18.2. The van der Waals surface area contributed by atoms with E-state index in [-0.39, 0.29) is 24.4 Å². The molecule has 28 heavy (non-hydrogen) atoms. The van der Waals surface area contributed by atoms with Gasteiger partial charge in [0.2, 0.25) is 5.89 Å². The van der Waals surface area contributed by atoms with Crippen molar-refractivity contribution < 1.29 is 13.9 Å². The zero-order valence-electron chi connectivity index (χ0n) is 15.9. The first-order chi connectivity index (χ1) is 13.3. The molecule has 0 saturated carbocycles. The molecule has 2 aromatic rings. The third-order valence-electron chi connectivity index (χ3n) is 6.14. The molecule has 2 bridgehead atoms. The number of fused-ring (bicyclic) bond motifs is 4. The van der Waals surface area contributed by atoms with E-state index in [0.29, 0.717) is 35.0 Å². The number of ether oxygens (including phenoxy) is 1. The smallest absolute Gasteiger partial charge is 0.253 e. The Labute approximate surface area is 170 Å². The first-order valence-electron chi connectivity index (χ1n) is 9.98. The molecule has 6 rings (SSSR count). The van der Waals surface area contributed by atoms with Crippen molar-refractivity contribution in [2.45, 2.75) is 25.4 Å². The maximum atomic E-state index is 13.0. The van der Waals surface area contributed by atoms with Crippen molar-refractivity contribution in [3.8, 4) is 0 Å². The van der Waals surface area contributed by atoms with Crippen LogP contribution in [0, 0.1) is 5.92 Å². The number of nitrogens with zero attached hydrogens (tertiary/aromatic N) is 3. The van der Waals surface area contributed by atoms with Gasteiger partial charge in [-0.2, -0.15) is 0 Å². The summed E-state index contributed by atoms with van der Waals surface area (Å²) in [5.41, 5.74) is 1.96. The fourth-order valence-electron chi connectivity index (χ4n) is 4.57. The van der Waals surface area contributed by atoms with E-state index >= 15 is 0 Å². The van der Waals surface area contributed by atoms with Gasteiger partial charge in [0, 0.05) is 25.7 Å². The number of carbonyl (C=O) groups excluding carboxylic acids is 1. The van der Waals surface area contributed by atoms with Crippen molar-refractivity contribution in [3.05, 3.63) is 29.7 Å². The SMILES string of the molecule is Cl.O=C(NC1CN2CCC1CC2)c1cccc2oc(CN3CCOCC3)nc12. The van der Waals surface area contributed by atoms with E-state index in [1.807, 2.05) is 18.2 Å².